The third-order valence-electron chi connectivity index (χ3n) is 2.77. The van der Waals surface area contributed by atoms with Gasteiger partial charge in [0, 0.05) is 18.7 Å². The lowest BCUT2D eigenvalue weighted by Gasteiger charge is -2.29. The second-order valence-corrected chi connectivity index (χ2v) is 3.91. The van der Waals surface area contributed by atoms with E-state index in [1.165, 1.54) is 6.07 Å². The first-order chi connectivity index (χ1) is 7.68. The van der Waals surface area contributed by atoms with Crippen LogP contribution in [0.2, 0.25) is 0 Å². The van der Waals surface area contributed by atoms with Gasteiger partial charge >= 0.3 is 0 Å². The monoisotopic (exact) mass is 222 g/mol. The van der Waals surface area contributed by atoms with Crippen LogP contribution in [0.1, 0.15) is 11.1 Å². The fourth-order valence-corrected chi connectivity index (χ4v) is 1.71. The highest BCUT2D eigenvalue weighted by Crippen LogP contribution is 2.12. The number of amidine groups is 1. The van der Waals surface area contributed by atoms with Gasteiger partial charge in [-0.15, -0.1) is 0 Å². The first-order valence-corrected chi connectivity index (χ1v) is 5.36. The molecule has 1 aromatic rings. The van der Waals surface area contributed by atoms with Crippen molar-refractivity contribution in [1.82, 2.24) is 4.90 Å². The van der Waals surface area contributed by atoms with Crippen LogP contribution in [0.5, 0.6) is 0 Å². The lowest BCUT2D eigenvalue weighted by Crippen LogP contribution is -2.40. The maximum atomic E-state index is 13.4. The van der Waals surface area contributed by atoms with E-state index in [0.717, 1.165) is 0 Å². The molecule has 1 aliphatic rings. The van der Waals surface area contributed by atoms with Gasteiger partial charge in [0.25, 0.3) is 0 Å². The molecule has 0 unspecified atom stereocenters. The van der Waals surface area contributed by atoms with E-state index in [1.54, 1.807) is 19.1 Å². The maximum Gasteiger partial charge on any atom is 0.128 e. The Morgan fingerprint density at radius 2 is 2.06 bits per heavy atom. The zero-order valence-electron chi connectivity index (χ0n) is 9.29. The Hall–Kier alpha value is -1.42. The fourth-order valence-electron chi connectivity index (χ4n) is 1.71. The van der Waals surface area contributed by atoms with Gasteiger partial charge in [-0.2, -0.15) is 0 Å². The third-order valence-corrected chi connectivity index (χ3v) is 2.77. The van der Waals surface area contributed by atoms with Gasteiger partial charge in [-0.1, -0.05) is 12.1 Å². The summed E-state index contributed by atoms with van der Waals surface area (Å²) in [6, 6.07) is 4.92. The predicted octanol–water partition coefficient (Wildman–Crippen LogP) is 1.79. The van der Waals surface area contributed by atoms with Gasteiger partial charge in [0.05, 0.1) is 13.2 Å². The van der Waals surface area contributed by atoms with Crippen molar-refractivity contribution in [3.8, 4) is 0 Å². The van der Waals surface area contributed by atoms with Crippen molar-refractivity contribution in [1.29, 1.82) is 5.41 Å². The second kappa shape index (κ2) is 4.61. The Morgan fingerprint density at radius 3 is 2.69 bits per heavy atom. The quantitative estimate of drug-likeness (QED) is 0.581. The standard InChI is InChI=1S/C12H15FN2O/c1-9-2-3-10(8-11(9)13)12(14)15-4-6-16-7-5-15/h2-3,8,14H,4-7H2,1H3. The van der Waals surface area contributed by atoms with Crippen molar-refractivity contribution in [2.75, 3.05) is 26.3 Å². The van der Waals surface area contributed by atoms with Crippen LogP contribution in [0, 0.1) is 18.2 Å². The number of hydrogen-bond donors (Lipinski definition) is 1. The van der Waals surface area contributed by atoms with Crippen LogP contribution in [0.4, 0.5) is 4.39 Å². The van der Waals surface area contributed by atoms with Crippen LogP contribution in [-0.4, -0.2) is 37.0 Å². The Balaban J connectivity index is 2.16. The molecule has 1 aromatic carbocycles. The van der Waals surface area contributed by atoms with Gasteiger partial charge in [0.1, 0.15) is 11.7 Å². The highest BCUT2D eigenvalue weighted by molar-refractivity contribution is 5.96. The Bertz CT molecular complexity index is 400. The van der Waals surface area contributed by atoms with Gasteiger partial charge < -0.3 is 9.64 Å². The molecule has 1 fully saturated rings. The summed E-state index contributed by atoms with van der Waals surface area (Å²) in [4.78, 5) is 1.91. The number of benzene rings is 1. The molecule has 1 N–H and O–H groups in total. The molecule has 0 radical (unpaired) electrons. The second-order valence-electron chi connectivity index (χ2n) is 3.91. The zero-order valence-corrected chi connectivity index (χ0v) is 9.29. The van der Waals surface area contributed by atoms with Crippen LogP contribution < -0.4 is 0 Å². The first kappa shape index (κ1) is 11.1. The highest BCUT2D eigenvalue weighted by Gasteiger charge is 2.15. The summed E-state index contributed by atoms with van der Waals surface area (Å²) >= 11 is 0. The molecular weight excluding hydrogens is 207 g/mol. The maximum absolute atomic E-state index is 13.4. The van der Waals surface area contributed by atoms with E-state index >= 15 is 0 Å². The largest absolute Gasteiger partial charge is 0.378 e. The summed E-state index contributed by atoms with van der Waals surface area (Å²) in [6.45, 7) is 4.40. The van der Waals surface area contributed by atoms with Gasteiger partial charge in [0.15, 0.2) is 0 Å². The van der Waals surface area contributed by atoms with Crippen LogP contribution >= 0.6 is 0 Å². The summed E-state index contributed by atoms with van der Waals surface area (Å²) in [5.74, 6) is 0.123. The van der Waals surface area contributed by atoms with Crippen LogP contribution in [0.15, 0.2) is 18.2 Å². The molecule has 16 heavy (non-hydrogen) atoms. The molecule has 0 atom stereocenters. The van der Waals surface area contributed by atoms with E-state index in [9.17, 15) is 4.39 Å². The van der Waals surface area contributed by atoms with E-state index in [1.807, 2.05) is 4.90 Å². The lowest BCUT2D eigenvalue weighted by molar-refractivity contribution is 0.0680. The molecule has 1 aliphatic heterocycles. The minimum absolute atomic E-state index is 0.254. The van der Waals surface area contributed by atoms with Crippen molar-refractivity contribution in [2.24, 2.45) is 0 Å². The van der Waals surface area contributed by atoms with E-state index in [-0.39, 0.29) is 5.82 Å². The van der Waals surface area contributed by atoms with E-state index in [0.29, 0.717) is 43.3 Å². The van der Waals surface area contributed by atoms with Gasteiger partial charge in [-0.05, 0) is 18.6 Å². The number of halogens is 1. The van der Waals surface area contributed by atoms with Crippen molar-refractivity contribution in [2.45, 2.75) is 6.92 Å². The number of rotatable bonds is 1. The first-order valence-electron chi connectivity index (χ1n) is 5.36. The molecule has 0 saturated carbocycles. The molecule has 0 bridgehead atoms. The number of aryl methyl sites for hydroxylation is 1. The number of nitrogens with zero attached hydrogens (tertiary/aromatic N) is 1. The molecule has 0 aromatic heterocycles. The average Bonchev–Trinajstić information content (AvgIpc) is 2.33. The van der Waals surface area contributed by atoms with E-state index in [2.05, 4.69) is 0 Å². The van der Waals surface area contributed by atoms with Crippen LogP contribution in [-0.2, 0) is 4.74 Å². The average molecular weight is 222 g/mol. The summed E-state index contributed by atoms with van der Waals surface area (Å²) in [5.41, 5.74) is 1.24. The van der Waals surface area contributed by atoms with Gasteiger partial charge in [0.2, 0.25) is 0 Å². The van der Waals surface area contributed by atoms with Crippen LogP contribution in [0.3, 0.4) is 0 Å². The molecule has 0 spiro atoms. The molecule has 0 amide bonds. The minimum Gasteiger partial charge on any atom is -0.378 e. The van der Waals surface area contributed by atoms with Crippen molar-refractivity contribution in [3.05, 3.63) is 35.1 Å². The summed E-state index contributed by atoms with van der Waals surface area (Å²) in [5, 5.41) is 8.00. The number of morpholine rings is 1. The minimum atomic E-state index is -0.254. The molecule has 4 heteroatoms. The van der Waals surface area contributed by atoms with E-state index < -0.39 is 0 Å². The Kier molecular flexibility index (Phi) is 3.19. The van der Waals surface area contributed by atoms with Crippen molar-refractivity contribution >= 4 is 5.84 Å². The Labute approximate surface area is 94.3 Å². The summed E-state index contributed by atoms with van der Waals surface area (Å²) < 4.78 is 18.6. The Morgan fingerprint density at radius 1 is 1.38 bits per heavy atom. The SMILES string of the molecule is Cc1ccc(C(=N)N2CCOCC2)cc1F. The third kappa shape index (κ3) is 2.22. The predicted molar refractivity (Wildman–Crippen MR) is 60.4 cm³/mol. The zero-order chi connectivity index (χ0) is 11.5. The molecule has 1 heterocycles. The topological polar surface area (TPSA) is 36.3 Å². The molecule has 2 rings (SSSR count). The molecule has 1 saturated heterocycles. The lowest BCUT2D eigenvalue weighted by atomic mass is 10.1. The number of ether oxygens (including phenoxy) is 1. The van der Waals surface area contributed by atoms with Crippen molar-refractivity contribution < 1.29 is 9.13 Å². The molecule has 0 aliphatic carbocycles. The molecule has 3 nitrogen and oxygen atoms in total. The van der Waals surface area contributed by atoms with Gasteiger partial charge in [-0.25, -0.2) is 4.39 Å². The van der Waals surface area contributed by atoms with Crippen molar-refractivity contribution in [3.63, 3.8) is 0 Å². The smallest absolute Gasteiger partial charge is 0.128 e. The van der Waals surface area contributed by atoms with E-state index in [4.69, 9.17) is 10.1 Å². The summed E-state index contributed by atoms with van der Waals surface area (Å²) in [6.07, 6.45) is 0. The fraction of sp³-hybridized carbons (Fsp3) is 0.417. The van der Waals surface area contributed by atoms with Crippen LogP contribution in [0.25, 0.3) is 0 Å². The molecular formula is C12H15FN2O. The number of nitrogens with one attached hydrogen (secondary N) is 1. The highest BCUT2D eigenvalue weighted by atomic mass is 19.1. The molecule has 86 valence electrons. The normalized spacial score (nSPS) is 16.2. The van der Waals surface area contributed by atoms with Gasteiger partial charge in [-0.3, -0.25) is 5.41 Å². The number of hydrogen-bond acceptors (Lipinski definition) is 2. The summed E-state index contributed by atoms with van der Waals surface area (Å²) in [7, 11) is 0.